The lowest BCUT2D eigenvalue weighted by Gasteiger charge is -2.19. The van der Waals surface area contributed by atoms with Crippen molar-refractivity contribution in [2.24, 2.45) is 0 Å². The van der Waals surface area contributed by atoms with Gasteiger partial charge in [0.25, 0.3) is 0 Å². The molecule has 2 aromatic rings. The minimum Gasteiger partial charge on any atom is -0.544 e. The standard InChI is InChI=1S/C16H18BrClOSi/c1-20(2,3)19-15-7-4-12(5-8-15)10-13-11-14(17)6-9-16(13)18/h4-9,11H,10H2,1-3H3. The summed E-state index contributed by atoms with van der Waals surface area (Å²) in [5.41, 5.74) is 2.35. The lowest BCUT2D eigenvalue weighted by atomic mass is 10.1. The molecule has 1 nitrogen and oxygen atoms in total. The van der Waals surface area contributed by atoms with E-state index >= 15 is 0 Å². The molecule has 106 valence electrons. The van der Waals surface area contributed by atoms with Gasteiger partial charge in [0.15, 0.2) is 0 Å². The van der Waals surface area contributed by atoms with Crippen LogP contribution in [0.2, 0.25) is 24.7 Å². The lowest BCUT2D eigenvalue weighted by molar-refractivity contribution is 0.557. The van der Waals surface area contributed by atoms with E-state index in [1.165, 1.54) is 5.56 Å². The Balaban J connectivity index is 2.13. The summed E-state index contributed by atoms with van der Waals surface area (Å²) in [6.45, 7) is 6.55. The van der Waals surface area contributed by atoms with Gasteiger partial charge in [0.2, 0.25) is 8.32 Å². The van der Waals surface area contributed by atoms with Crippen molar-refractivity contribution >= 4 is 35.8 Å². The van der Waals surface area contributed by atoms with Crippen molar-refractivity contribution < 1.29 is 4.43 Å². The highest BCUT2D eigenvalue weighted by molar-refractivity contribution is 9.10. The summed E-state index contributed by atoms with van der Waals surface area (Å²) >= 11 is 9.70. The van der Waals surface area contributed by atoms with Crippen LogP contribution < -0.4 is 4.43 Å². The number of halogens is 2. The summed E-state index contributed by atoms with van der Waals surface area (Å²) in [4.78, 5) is 0. The quantitative estimate of drug-likeness (QED) is 0.609. The summed E-state index contributed by atoms with van der Waals surface area (Å²) in [6, 6.07) is 14.2. The molecular weight excluding hydrogens is 352 g/mol. The molecular formula is C16H18BrClOSi. The SMILES string of the molecule is C[Si](C)(C)Oc1ccc(Cc2cc(Br)ccc2Cl)cc1. The molecule has 4 heteroatoms. The molecule has 0 aliphatic heterocycles. The van der Waals surface area contributed by atoms with Gasteiger partial charge in [-0.2, -0.15) is 0 Å². The smallest absolute Gasteiger partial charge is 0.242 e. The van der Waals surface area contributed by atoms with Crippen LogP contribution in [-0.2, 0) is 6.42 Å². The normalized spacial score (nSPS) is 11.4. The second-order valence-corrected chi connectivity index (χ2v) is 11.5. The van der Waals surface area contributed by atoms with Crippen LogP contribution in [0.5, 0.6) is 5.75 Å². The predicted octanol–water partition coefficient (Wildman–Crippen LogP) is 5.91. The van der Waals surface area contributed by atoms with E-state index in [0.29, 0.717) is 0 Å². The second-order valence-electron chi connectivity index (χ2n) is 5.77. The largest absolute Gasteiger partial charge is 0.544 e. The van der Waals surface area contributed by atoms with Crippen LogP contribution in [-0.4, -0.2) is 8.32 Å². The molecule has 0 saturated carbocycles. The molecule has 0 bridgehead atoms. The number of hydrogen-bond donors (Lipinski definition) is 0. The molecule has 0 spiro atoms. The van der Waals surface area contributed by atoms with Crippen LogP contribution in [0.25, 0.3) is 0 Å². The van der Waals surface area contributed by atoms with Gasteiger partial charge in [-0.25, -0.2) is 0 Å². The zero-order valence-corrected chi connectivity index (χ0v) is 15.3. The molecule has 0 unspecified atom stereocenters. The fourth-order valence-corrected chi connectivity index (χ4v) is 3.36. The van der Waals surface area contributed by atoms with Gasteiger partial charge in [-0.05, 0) is 67.5 Å². The Hall–Kier alpha value is -0.773. The molecule has 2 aromatic carbocycles. The molecule has 0 fully saturated rings. The Bertz CT molecular complexity index is 590. The molecule has 0 saturated heterocycles. The molecule has 0 amide bonds. The first kappa shape index (κ1) is 15.6. The predicted molar refractivity (Wildman–Crippen MR) is 92.4 cm³/mol. The van der Waals surface area contributed by atoms with E-state index in [4.69, 9.17) is 16.0 Å². The van der Waals surface area contributed by atoms with Gasteiger partial charge in [-0.3, -0.25) is 0 Å². The maximum atomic E-state index is 6.22. The molecule has 0 aromatic heterocycles. The highest BCUT2D eigenvalue weighted by atomic mass is 79.9. The van der Waals surface area contributed by atoms with Crippen LogP contribution >= 0.6 is 27.5 Å². The van der Waals surface area contributed by atoms with Gasteiger partial charge >= 0.3 is 0 Å². The Morgan fingerprint density at radius 2 is 1.70 bits per heavy atom. The van der Waals surface area contributed by atoms with Crippen molar-refractivity contribution in [1.82, 2.24) is 0 Å². The van der Waals surface area contributed by atoms with Crippen molar-refractivity contribution in [2.45, 2.75) is 26.1 Å². The molecule has 2 rings (SSSR count). The van der Waals surface area contributed by atoms with Crippen LogP contribution in [0.1, 0.15) is 11.1 Å². The zero-order chi connectivity index (χ0) is 14.8. The van der Waals surface area contributed by atoms with E-state index < -0.39 is 8.32 Å². The fraction of sp³-hybridized carbons (Fsp3) is 0.250. The topological polar surface area (TPSA) is 9.23 Å². The maximum Gasteiger partial charge on any atom is 0.242 e. The zero-order valence-electron chi connectivity index (χ0n) is 11.9. The molecule has 0 heterocycles. The highest BCUT2D eigenvalue weighted by Gasteiger charge is 2.15. The van der Waals surface area contributed by atoms with E-state index in [2.05, 4.69) is 53.8 Å². The Morgan fingerprint density at radius 3 is 2.30 bits per heavy atom. The Labute approximate surface area is 135 Å². The third-order valence-electron chi connectivity index (χ3n) is 2.75. The number of rotatable bonds is 4. The Kier molecular flexibility index (Phi) is 4.94. The van der Waals surface area contributed by atoms with Gasteiger partial charge in [-0.1, -0.05) is 39.7 Å². The van der Waals surface area contributed by atoms with Gasteiger partial charge in [0, 0.05) is 9.50 Å². The van der Waals surface area contributed by atoms with Crippen LogP contribution in [0.4, 0.5) is 0 Å². The van der Waals surface area contributed by atoms with Crippen molar-refractivity contribution in [3.05, 3.63) is 63.1 Å². The summed E-state index contributed by atoms with van der Waals surface area (Å²) < 4.78 is 7.01. The maximum absolute atomic E-state index is 6.22. The van der Waals surface area contributed by atoms with E-state index in [-0.39, 0.29) is 0 Å². The molecule has 0 radical (unpaired) electrons. The van der Waals surface area contributed by atoms with Crippen molar-refractivity contribution in [3.63, 3.8) is 0 Å². The number of hydrogen-bond acceptors (Lipinski definition) is 1. The van der Waals surface area contributed by atoms with Crippen LogP contribution in [0.15, 0.2) is 46.9 Å². The van der Waals surface area contributed by atoms with Crippen molar-refractivity contribution in [3.8, 4) is 5.75 Å². The molecule has 20 heavy (non-hydrogen) atoms. The summed E-state index contributed by atoms with van der Waals surface area (Å²) in [7, 11) is -1.53. The second kappa shape index (κ2) is 6.33. The first-order chi connectivity index (χ1) is 9.33. The first-order valence-electron chi connectivity index (χ1n) is 6.55. The van der Waals surface area contributed by atoms with Gasteiger partial charge < -0.3 is 4.43 Å². The van der Waals surface area contributed by atoms with Gasteiger partial charge in [0.05, 0.1) is 0 Å². The summed E-state index contributed by atoms with van der Waals surface area (Å²) in [5, 5.41) is 0.802. The van der Waals surface area contributed by atoms with E-state index in [1.54, 1.807) is 0 Å². The lowest BCUT2D eigenvalue weighted by Crippen LogP contribution is -2.29. The van der Waals surface area contributed by atoms with Crippen molar-refractivity contribution in [2.75, 3.05) is 0 Å². The average Bonchev–Trinajstić information content (AvgIpc) is 2.34. The Morgan fingerprint density at radius 1 is 1.05 bits per heavy atom. The van der Waals surface area contributed by atoms with E-state index in [1.807, 2.05) is 24.3 Å². The molecule has 0 aliphatic carbocycles. The van der Waals surface area contributed by atoms with Gasteiger partial charge in [-0.15, -0.1) is 0 Å². The fourth-order valence-electron chi connectivity index (χ4n) is 1.93. The average molecular weight is 370 g/mol. The van der Waals surface area contributed by atoms with Crippen molar-refractivity contribution in [1.29, 1.82) is 0 Å². The first-order valence-corrected chi connectivity index (χ1v) is 11.1. The number of benzene rings is 2. The van der Waals surface area contributed by atoms with Crippen LogP contribution in [0.3, 0.4) is 0 Å². The minimum atomic E-state index is -1.53. The monoisotopic (exact) mass is 368 g/mol. The third kappa shape index (κ3) is 4.65. The highest BCUT2D eigenvalue weighted by Crippen LogP contribution is 2.25. The molecule has 0 N–H and O–H groups in total. The van der Waals surface area contributed by atoms with E-state index in [9.17, 15) is 0 Å². The van der Waals surface area contributed by atoms with E-state index in [0.717, 1.165) is 27.2 Å². The third-order valence-corrected chi connectivity index (χ3v) is 4.46. The van der Waals surface area contributed by atoms with Gasteiger partial charge in [0.1, 0.15) is 5.75 Å². The molecule has 0 aliphatic rings. The minimum absolute atomic E-state index is 0.802. The summed E-state index contributed by atoms with van der Waals surface area (Å²) in [5.74, 6) is 0.952. The van der Waals surface area contributed by atoms with Crippen LogP contribution in [0, 0.1) is 0 Å². The summed E-state index contributed by atoms with van der Waals surface area (Å²) in [6.07, 6.45) is 0.825. The molecule has 0 atom stereocenters.